The van der Waals surface area contributed by atoms with Gasteiger partial charge in [-0.05, 0) is 48.0 Å². The third-order valence-electron chi connectivity index (χ3n) is 4.41. The molecule has 1 aromatic heterocycles. The van der Waals surface area contributed by atoms with Crippen LogP contribution in [0.2, 0.25) is 0 Å². The minimum Gasteiger partial charge on any atom is -0.354 e. The Labute approximate surface area is 194 Å². The molecule has 0 amide bonds. The zero-order chi connectivity index (χ0) is 25.3. The molecule has 0 atom stereocenters. The zero-order valence-corrected chi connectivity index (χ0v) is 18.5. The van der Waals surface area contributed by atoms with E-state index in [0.29, 0.717) is 16.5 Å². The topological polar surface area (TPSA) is 96.0 Å². The Kier molecular flexibility index (Phi) is 6.92. The van der Waals surface area contributed by atoms with Gasteiger partial charge in [0.1, 0.15) is 5.71 Å². The second-order valence-electron chi connectivity index (χ2n) is 6.87. The standard InChI is InChI=1S/C21H15F6N3O2S2/c22-20(23,24)14-6-1-2-7-15(14)30-16(11-19(28)21(25,26)27)18-9-8-17(33-18)12-4-3-5-13(10-12)34(29,31)32/h1-11,28,30H,(H2,29,31,32)/b16-11-,28-19?. The van der Waals surface area contributed by atoms with E-state index in [1.807, 2.05) is 0 Å². The fourth-order valence-corrected chi connectivity index (χ4v) is 4.38. The van der Waals surface area contributed by atoms with Gasteiger partial charge in [0.05, 0.1) is 26.7 Å². The Morgan fingerprint density at radius 1 is 0.971 bits per heavy atom. The van der Waals surface area contributed by atoms with E-state index in [2.05, 4.69) is 5.32 Å². The smallest absolute Gasteiger partial charge is 0.354 e. The first-order valence-corrected chi connectivity index (χ1v) is 11.6. The molecular formula is C21H15F6N3O2S2. The van der Waals surface area contributed by atoms with Crippen molar-refractivity contribution >= 4 is 38.5 Å². The number of nitrogens with two attached hydrogens (primary N) is 1. The molecule has 1 heterocycles. The quantitative estimate of drug-likeness (QED) is 0.271. The lowest BCUT2D eigenvalue weighted by molar-refractivity contribution is -0.136. The summed E-state index contributed by atoms with van der Waals surface area (Å²) in [4.78, 5) is 0.310. The van der Waals surface area contributed by atoms with Crippen molar-refractivity contribution in [2.45, 2.75) is 17.2 Å². The fourth-order valence-electron chi connectivity index (χ4n) is 2.84. The van der Waals surface area contributed by atoms with Gasteiger partial charge in [-0.15, -0.1) is 11.3 Å². The lowest BCUT2D eigenvalue weighted by Gasteiger charge is -2.16. The van der Waals surface area contributed by atoms with E-state index in [0.717, 1.165) is 29.5 Å². The average Bonchev–Trinajstić information content (AvgIpc) is 3.22. The van der Waals surface area contributed by atoms with E-state index in [4.69, 9.17) is 10.5 Å². The molecule has 0 saturated carbocycles. The van der Waals surface area contributed by atoms with Crippen LogP contribution in [0.5, 0.6) is 0 Å². The van der Waals surface area contributed by atoms with Gasteiger partial charge in [-0.25, -0.2) is 13.6 Å². The summed E-state index contributed by atoms with van der Waals surface area (Å²) in [6.07, 6.45) is -9.41. The number of halogens is 6. The second-order valence-corrected chi connectivity index (χ2v) is 9.52. The maximum atomic E-state index is 13.4. The van der Waals surface area contributed by atoms with E-state index in [-0.39, 0.29) is 9.77 Å². The third kappa shape index (κ3) is 6.04. The van der Waals surface area contributed by atoms with Crippen molar-refractivity contribution in [3.05, 3.63) is 77.2 Å². The maximum Gasteiger partial charge on any atom is 0.432 e. The highest BCUT2D eigenvalue weighted by Gasteiger charge is 2.35. The summed E-state index contributed by atoms with van der Waals surface area (Å²) in [7, 11) is -4.01. The molecule has 0 unspecified atom stereocenters. The first kappa shape index (κ1) is 25.5. The van der Waals surface area contributed by atoms with Crippen molar-refractivity contribution in [3.63, 3.8) is 0 Å². The third-order valence-corrected chi connectivity index (χ3v) is 6.49. The van der Waals surface area contributed by atoms with Crippen LogP contribution in [-0.2, 0) is 16.2 Å². The number of sulfonamides is 1. The number of alkyl halides is 6. The summed E-state index contributed by atoms with van der Waals surface area (Å²) in [6, 6.07) is 12.5. The van der Waals surface area contributed by atoms with Gasteiger partial charge in [0.2, 0.25) is 10.0 Å². The summed E-state index contributed by atoms with van der Waals surface area (Å²) in [5.74, 6) is 0. The van der Waals surface area contributed by atoms with Crippen molar-refractivity contribution in [1.82, 2.24) is 0 Å². The zero-order valence-electron chi connectivity index (χ0n) is 16.8. The second kappa shape index (κ2) is 9.24. The lowest BCUT2D eigenvalue weighted by Crippen LogP contribution is -2.20. The maximum absolute atomic E-state index is 13.4. The Bertz CT molecular complexity index is 1360. The molecule has 0 aliphatic carbocycles. The molecule has 0 aliphatic rings. The van der Waals surface area contributed by atoms with Crippen LogP contribution in [0, 0.1) is 5.41 Å². The summed E-state index contributed by atoms with van der Waals surface area (Å²) in [6.45, 7) is 0. The molecule has 3 rings (SSSR count). The van der Waals surface area contributed by atoms with Crippen molar-refractivity contribution in [2.24, 2.45) is 5.14 Å². The molecule has 0 aliphatic heterocycles. The molecule has 0 spiro atoms. The molecule has 4 N–H and O–H groups in total. The number of rotatable bonds is 6. The predicted molar refractivity (Wildman–Crippen MR) is 118 cm³/mol. The monoisotopic (exact) mass is 519 g/mol. The highest BCUT2D eigenvalue weighted by Crippen LogP contribution is 2.38. The highest BCUT2D eigenvalue weighted by atomic mass is 32.2. The van der Waals surface area contributed by atoms with E-state index in [1.54, 1.807) is 0 Å². The largest absolute Gasteiger partial charge is 0.432 e. The molecule has 13 heteroatoms. The van der Waals surface area contributed by atoms with Gasteiger partial charge in [-0.1, -0.05) is 24.3 Å². The van der Waals surface area contributed by atoms with Gasteiger partial charge in [-0.3, -0.25) is 5.41 Å². The highest BCUT2D eigenvalue weighted by molar-refractivity contribution is 7.89. The molecule has 3 aromatic rings. The van der Waals surface area contributed by atoms with E-state index < -0.39 is 45.0 Å². The molecule has 34 heavy (non-hydrogen) atoms. The first-order valence-electron chi connectivity index (χ1n) is 9.20. The van der Waals surface area contributed by atoms with Crippen LogP contribution < -0.4 is 10.5 Å². The Morgan fingerprint density at radius 3 is 2.26 bits per heavy atom. The Balaban J connectivity index is 2.08. The van der Waals surface area contributed by atoms with Gasteiger partial charge in [0.25, 0.3) is 0 Å². The van der Waals surface area contributed by atoms with Gasteiger partial charge in [-0.2, -0.15) is 26.3 Å². The van der Waals surface area contributed by atoms with Crippen LogP contribution in [0.3, 0.4) is 0 Å². The lowest BCUT2D eigenvalue weighted by atomic mass is 10.1. The minimum atomic E-state index is -5.03. The van der Waals surface area contributed by atoms with Gasteiger partial charge in [0.15, 0.2) is 0 Å². The summed E-state index contributed by atoms with van der Waals surface area (Å²) >= 11 is 0.887. The number of allylic oxidation sites excluding steroid dienone is 1. The molecule has 0 saturated heterocycles. The van der Waals surface area contributed by atoms with Crippen LogP contribution >= 0.6 is 11.3 Å². The minimum absolute atomic E-state index is 0.0852. The number of nitrogens with one attached hydrogen (secondary N) is 2. The number of hydrogen-bond donors (Lipinski definition) is 3. The van der Waals surface area contributed by atoms with Gasteiger partial charge >= 0.3 is 12.4 Å². The number of anilines is 1. The van der Waals surface area contributed by atoms with Crippen molar-refractivity contribution < 1.29 is 34.8 Å². The SMILES string of the molecule is N=C(/C=C(\Nc1ccccc1C(F)(F)F)c1ccc(-c2cccc(S(N)(=O)=O)c2)s1)C(F)(F)F. The van der Waals surface area contributed by atoms with Crippen molar-refractivity contribution in [1.29, 1.82) is 5.41 Å². The molecule has 5 nitrogen and oxygen atoms in total. The van der Waals surface area contributed by atoms with Gasteiger partial charge < -0.3 is 5.32 Å². The van der Waals surface area contributed by atoms with Crippen LogP contribution in [0.25, 0.3) is 16.1 Å². The normalized spacial score (nSPS) is 13.1. The van der Waals surface area contributed by atoms with Crippen molar-refractivity contribution in [3.8, 4) is 10.4 Å². The first-order chi connectivity index (χ1) is 15.7. The number of primary sulfonamides is 1. The molecule has 180 valence electrons. The van der Waals surface area contributed by atoms with Gasteiger partial charge in [0, 0.05) is 4.88 Å². The Morgan fingerprint density at radius 2 is 1.65 bits per heavy atom. The summed E-state index contributed by atoms with van der Waals surface area (Å²) in [5, 5.41) is 14.8. The number of hydrogen-bond acceptors (Lipinski definition) is 5. The molecule has 2 aromatic carbocycles. The number of thiophene rings is 1. The Hall–Kier alpha value is -3.16. The van der Waals surface area contributed by atoms with Crippen molar-refractivity contribution in [2.75, 3.05) is 5.32 Å². The number of benzene rings is 2. The van der Waals surface area contributed by atoms with Crippen LogP contribution in [-0.4, -0.2) is 20.3 Å². The van der Waals surface area contributed by atoms with E-state index in [9.17, 15) is 34.8 Å². The number of para-hydroxylation sites is 1. The predicted octanol–water partition coefficient (Wildman–Crippen LogP) is 6.12. The average molecular weight is 519 g/mol. The van der Waals surface area contributed by atoms with Crippen LogP contribution in [0.1, 0.15) is 10.4 Å². The molecular weight excluding hydrogens is 504 g/mol. The fraction of sp³-hybridized carbons (Fsp3) is 0.0952. The molecule has 0 fully saturated rings. The molecule has 0 bridgehead atoms. The van der Waals surface area contributed by atoms with Crippen LogP contribution in [0.4, 0.5) is 32.0 Å². The van der Waals surface area contributed by atoms with E-state index in [1.165, 1.54) is 42.5 Å². The van der Waals surface area contributed by atoms with E-state index >= 15 is 0 Å². The summed E-state index contributed by atoms with van der Waals surface area (Å²) in [5.41, 5.74) is -3.38. The van der Waals surface area contributed by atoms with Crippen LogP contribution in [0.15, 0.2) is 71.6 Å². The molecule has 0 radical (unpaired) electrons. The summed E-state index contributed by atoms with van der Waals surface area (Å²) < 4.78 is 102.